The number of aliphatic hydroxyl groups is 1. The van der Waals surface area contributed by atoms with E-state index in [-0.39, 0.29) is 13.2 Å². The zero-order chi connectivity index (χ0) is 11.1. The van der Waals surface area contributed by atoms with Gasteiger partial charge in [-0.15, -0.1) is 0 Å². The van der Waals surface area contributed by atoms with E-state index >= 15 is 0 Å². The summed E-state index contributed by atoms with van der Waals surface area (Å²) < 4.78 is 15.2. The van der Waals surface area contributed by atoms with Gasteiger partial charge in [-0.25, -0.2) is 4.79 Å². The highest BCUT2D eigenvalue weighted by Gasteiger charge is 2.35. The fraction of sp³-hybridized carbons (Fsp3) is 0.889. The summed E-state index contributed by atoms with van der Waals surface area (Å²) in [6.45, 7) is 1.30. The van der Waals surface area contributed by atoms with Gasteiger partial charge in [-0.05, 0) is 0 Å². The van der Waals surface area contributed by atoms with Crippen molar-refractivity contribution in [2.75, 3.05) is 40.1 Å². The summed E-state index contributed by atoms with van der Waals surface area (Å²) in [6.07, 6.45) is 0.205. The number of rotatable bonds is 5. The Morgan fingerprint density at radius 1 is 1.67 bits per heavy atom. The Kier molecular flexibility index (Phi) is 4.80. The Balaban J connectivity index is 2.25. The van der Waals surface area contributed by atoms with Crippen molar-refractivity contribution in [1.29, 1.82) is 0 Å². The third-order valence-electron chi connectivity index (χ3n) is 2.38. The molecular formula is C9H17NO5. The Labute approximate surface area is 88.5 Å². The molecule has 0 aromatic rings. The van der Waals surface area contributed by atoms with E-state index in [0.717, 1.165) is 6.42 Å². The number of hydrogen-bond donors (Lipinski definition) is 2. The van der Waals surface area contributed by atoms with Crippen molar-refractivity contribution >= 4 is 6.09 Å². The van der Waals surface area contributed by atoms with E-state index in [1.54, 1.807) is 7.11 Å². The Hall–Kier alpha value is -0.850. The number of alkyl carbamates (subject to hydrolysis) is 1. The summed E-state index contributed by atoms with van der Waals surface area (Å²) in [4.78, 5) is 11.1. The second-order valence-electron chi connectivity index (χ2n) is 3.40. The van der Waals surface area contributed by atoms with Crippen molar-refractivity contribution in [3.05, 3.63) is 0 Å². The van der Waals surface area contributed by atoms with Crippen molar-refractivity contribution in [2.24, 2.45) is 0 Å². The minimum Gasteiger partial charge on any atom is -0.447 e. The molecule has 1 saturated heterocycles. The van der Waals surface area contributed by atoms with Crippen LogP contribution in [0.2, 0.25) is 0 Å². The number of methoxy groups -OCH3 is 1. The lowest BCUT2D eigenvalue weighted by Crippen LogP contribution is -2.45. The zero-order valence-corrected chi connectivity index (χ0v) is 8.82. The molecule has 0 saturated carbocycles. The van der Waals surface area contributed by atoms with Crippen molar-refractivity contribution < 1.29 is 24.1 Å². The molecule has 1 atom stereocenters. The van der Waals surface area contributed by atoms with Crippen LogP contribution in [0.1, 0.15) is 6.42 Å². The van der Waals surface area contributed by atoms with Crippen LogP contribution in [0, 0.1) is 0 Å². The van der Waals surface area contributed by atoms with Gasteiger partial charge in [0.1, 0.15) is 12.2 Å². The summed E-state index contributed by atoms with van der Waals surface area (Å²) in [5, 5.41) is 11.0. The van der Waals surface area contributed by atoms with Crippen molar-refractivity contribution in [3.63, 3.8) is 0 Å². The van der Waals surface area contributed by atoms with Gasteiger partial charge in [-0.3, -0.25) is 0 Å². The summed E-state index contributed by atoms with van der Waals surface area (Å²) in [5.74, 6) is 0. The molecule has 1 fully saturated rings. The lowest BCUT2D eigenvalue weighted by molar-refractivity contribution is -0.0158. The van der Waals surface area contributed by atoms with Crippen LogP contribution < -0.4 is 5.32 Å². The summed E-state index contributed by atoms with van der Waals surface area (Å²) >= 11 is 0. The predicted octanol–water partition coefficient (Wildman–Crippen LogP) is -0.490. The maximum Gasteiger partial charge on any atom is 0.407 e. The van der Waals surface area contributed by atoms with E-state index in [1.807, 2.05) is 0 Å². The van der Waals surface area contributed by atoms with Crippen LogP contribution in [0.5, 0.6) is 0 Å². The lowest BCUT2D eigenvalue weighted by atomic mass is 10.0. The molecule has 0 spiro atoms. The Morgan fingerprint density at radius 3 is 3.00 bits per heavy atom. The standard InChI is InChI=1S/C9H17NO5/c1-13-9(2-4-14-7-9)6-10-8(12)15-5-3-11/h11H,2-7H2,1H3,(H,10,12). The maximum atomic E-state index is 11.1. The molecule has 6 heteroatoms. The van der Waals surface area contributed by atoms with E-state index in [9.17, 15) is 4.79 Å². The third-order valence-corrected chi connectivity index (χ3v) is 2.38. The first-order valence-corrected chi connectivity index (χ1v) is 4.87. The Bertz CT molecular complexity index is 203. The number of amides is 1. The highest BCUT2D eigenvalue weighted by Crippen LogP contribution is 2.21. The van der Waals surface area contributed by atoms with Crippen LogP contribution >= 0.6 is 0 Å². The first-order valence-electron chi connectivity index (χ1n) is 4.87. The first kappa shape index (κ1) is 12.2. The molecule has 1 aliphatic rings. The SMILES string of the molecule is COC1(CNC(=O)OCCO)CCOC1. The summed E-state index contributed by atoms with van der Waals surface area (Å²) in [6, 6.07) is 0. The fourth-order valence-electron chi connectivity index (χ4n) is 1.38. The molecule has 2 N–H and O–H groups in total. The first-order chi connectivity index (χ1) is 7.22. The number of ether oxygens (including phenoxy) is 3. The van der Waals surface area contributed by atoms with Gasteiger partial charge >= 0.3 is 6.09 Å². The van der Waals surface area contributed by atoms with E-state index in [4.69, 9.17) is 14.6 Å². The molecular weight excluding hydrogens is 202 g/mol. The second-order valence-corrected chi connectivity index (χ2v) is 3.40. The fourth-order valence-corrected chi connectivity index (χ4v) is 1.38. The van der Waals surface area contributed by atoms with Crippen LogP contribution in [-0.4, -0.2) is 56.9 Å². The molecule has 15 heavy (non-hydrogen) atoms. The van der Waals surface area contributed by atoms with Gasteiger partial charge in [-0.2, -0.15) is 0 Å². The number of carbonyl (C=O) groups excluding carboxylic acids is 1. The van der Waals surface area contributed by atoms with Crippen LogP contribution in [0.4, 0.5) is 4.79 Å². The summed E-state index contributed by atoms with van der Waals surface area (Å²) in [7, 11) is 1.59. The van der Waals surface area contributed by atoms with Gasteiger partial charge < -0.3 is 24.6 Å². The molecule has 1 amide bonds. The maximum absolute atomic E-state index is 11.1. The smallest absolute Gasteiger partial charge is 0.407 e. The predicted molar refractivity (Wildman–Crippen MR) is 51.6 cm³/mol. The highest BCUT2D eigenvalue weighted by molar-refractivity contribution is 5.67. The average Bonchev–Trinajstić information content (AvgIpc) is 2.73. The minimum atomic E-state index is -0.549. The molecule has 1 rings (SSSR count). The molecule has 0 aliphatic carbocycles. The largest absolute Gasteiger partial charge is 0.447 e. The molecule has 6 nitrogen and oxygen atoms in total. The molecule has 0 radical (unpaired) electrons. The van der Waals surface area contributed by atoms with Gasteiger partial charge in [0.15, 0.2) is 0 Å². The van der Waals surface area contributed by atoms with E-state index in [0.29, 0.717) is 19.8 Å². The normalized spacial score (nSPS) is 25.2. The zero-order valence-electron chi connectivity index (χ0n) is 8.82. The number of nitrogens with one attached hydrogen (secondary N) is 1. The molecule has 1 aliphatic heterocycles. The van der Waals surface area contributed by atoms with Crippen molar-refractivity contribution in [3.8, 4) is 0 Å². The van der Waals surface area contributed by atoms with Crippen LogP contribution in [-0.2, 0) is 14.2 Å². The second kappa shape index (κ2) is 5.89. The Morgan fingerprint density at radius 2 is 2.47 bits per heavy atom. The number of carbonyl (C=O) groups is 1. The number of hydrogen-bond acceptors (Lipinski definition) is 5. The quantitative estimate of drug-likeness (QED) is 0.652. The molecule has 1 heterocycles. The number of aliphatic hydroxyl groups excluding tert-OH is 1. The van der Waals surface area contributed by atoms with E-state index in [2.05, 4.69) is 10.1 Å². The van der Waals surface area contributed by atoms with Gasteiger partial charge in [-0.1, -0.05) is 0 Å². The highest BCUT2D eigenvalue weighted by atomic mass is 16.6. The van der Waals surface area contributed by atoms with Crippen LogP contribution in [0.15, 0.2) is 0 Å². The van der Waals surface area contributed by atoms with E-state index < -0.39 is 11.7 Å². The van der Waals surface area contributed by atoms with Crippen molar-refractivity contribution in [1.82, 2.24) is 5.32 Å². The van der Waals surface area contributed by atoms with Gasteiger partial charge in [0, 0.05) is 20.1 Å². The molecule has 0 aromatic heterocycles. The lowest BCUT2D eigenvalue weighted by Gasteiger charge is -2.25. The van der Waals surface area contributed by atoms with Crippen LogP contribution in [0.25, 0.3) is 0 Å². The monoisotopic (exact) mass is 219 g/mol. The van der Waals surface area contributed by atoms with Crippen LogP contribution in [0.3, 0.4) is 0 Å². The minimum absolute atomic E-state index is 0.00230. The average molecular weight is 219 g/mol. The molecule has 1 unspecified atom stereocenters. The van der Waals surface area contributed by atoms with Gasteiger partial charge in [0.05, 0.1) is 19.8 Å². The van der Waals surface area contributed by atoms with E-state index in [1.165, 1.54) is 0 Å². The third kappa shape index (κ3) is 3.65. The molecule has 0 aromatic carbocycles. The van der Waals surface area contributed by atoms with Gasteiger partial charge in [0.25, 0.3) is 0 Å². The van der Waals surface area contributed by atoms with Crippen molar-refractivity contribution in [2.45, 2.75) is 12.0 Å². The topological polar surface area (TPSA) is 77.0 Å². The molecule has 88 valence electrons. The van der Waals surface area contributed by atoms with Gasteiger partial charge in [0.2, 0.25) is 0 Å². The summed E-state index contributed by atoms with van der Waals surface area (Å²) in [5.41, 5.74) is -0.432. The molecule has 0 bridgehead atoms.